The number of carbonyl (C=O) groups excluding carboxylic acids is 1. The van der Waals surface area contributed by atoms with Crippen molar-refractivity contribution < 1.29 is 19.4 Å². The van der Waals surface area contributed by atoms with Gasteiger partial charge < -0.3 is 15.6 Å². The second-order valence-electron chi connectivity index (χ2n) is 2.84. The van der Waals surface area contributed by atoms with Crippen molar-refractivity contribution in [2.75, 3.05) is 13.2 Å². The number of ketones is 1. The molecular weight excluding hydrogens is 234 g/mol. The summed E-state index contributed by atoms with van der Waals surface area (Å²) in [6, 6.07) is 6.26. The highest BCUT2D eigenvalue weighted by Crippen LogP contribution is 2.13. The molecule has 1 aromatic rings. The fourth-order valence-corrected chi connectivity index (χ4v) is 1.02. The fourth-order valence-electron chi connectivity index (χ4n) is 1.02. The van der Waals surface area contributed by atoms with Crippen LogP contribution in [0.15, 0.2) is 24.3 Å². The minimum Gasteiger partial charge on any atom is -0.482 e. The average molecular weight is 246 g/mol. The van der Waals surface area contributed by atoms with Gasteiger partial charge in [0.2, 0.25) is 0 Å². The van der Waals surface area contributed by atoms with E-state index in [0.717, 1.165) is 0 Å². The molecular formula is C10H12ClNO4. The molecule has 0 aliphatic heterocycles. The Balaban J connectivity index is 0.00000225. The molecule has 0 saturated heterocycles. The Kier molecular flexibility index (Phi) is 6.14. The summed E-state index contributed by atoms with van der Waals surface area (Å²) in [6.07, 6.45) is 0. The summed E-state index contributed by atoms with van der Waals surface area (Å²) in [5.41, 5.74) is 5.61. The van der Waals surface area contributed by atoms with E-state index in [1.54, 1.807) is 18.2 Å². The number of carboxylic acid groups (broad SMARTS) is 1. The molecule has 1 aromatic carbocycles. The van der Waals surface area contributed by atoms with Crippen LogP contribution in [-0.2, 0) is 4.79 Å². The average Bonchev–Trinajstić information content (AvgIpc) is 2.25. The molecule has 0 heterocycles. The number of hydrogen-bond donors (Lipinski definition) is 2. The van der Waals surface area contributed by atoms with Gasteiger partial charge in [0, 0.05) is 5.56 Å². The standard InChI is InChI=1S/C10H11NO4.ClH/c11-5-9(12)7-2-1-3-8(4-7)15-6-10(13)14;/h1-4H,5-6,11H2,(H,13,14);1H. The van der Waals surface area contributed by atoms with Crippen molar-refractivity contribution in [2.24, 2.45) is 5.73 Å². The minimum absolute atomic E-state index is 0. The number of nitrogens with two attached hydrogens (primary N) is 1. The van der Waals surface area contributed by atoms with Gasteiger partial charge in [0.05, 0.1) is 6.54 Å². The Hall–Kier alpha value is -1.59. The zero-order chi connectivity index (χ0) is 11.3. The smallest absolute Gasteiger partial charge is 0.341 e. The van der Waals surface area contributed by atoms with Crippen molar-refractivity contribution in [3.8, 4) is 5.75 Å². The minimum atomic E-state index is -1.06. The van der Waals surface area contributed by atoms with E-state index in [0.29, 0.717) is 11.3 Å². The largest absolute Gasteiger partial charge is 0.482 e. The number of Topliss-reactive ketones (excluding diaryl/α,β-unsaturated/α-hetero) is 1. The Morgan fingerprint density at radius 2 is 2.06 bits per heavy atom. The van der Waals surface area contributed by atoms with Gasteiger partial charge in [0.1, 0.15) is 5.75 Å². The fraction of sp³-hybridized carbons (Fsp3) is 0.200. The summed E-state index contributed by atoms with van der Waals surface area (Å²) in [4.78, 5) is 21.4. The van der Waals surface area contributed by atoms with Gasteiger partial charge in [-0.15, -0.1) is 12.4 Å². The quantitative estimate of drug-likeness (QED) is 0.746. The SMILES string of the molecule is Cl.NCC(=O)c1cccc(OCC(=O)O)c1. The molecule has 0 aliphatic carbocycles. The summed E-state index contributed by atoms with van der Waals surface area (Å²) in [6.45, 7) is -0.511. The number of ether oxygens (including phenoxy) is 1. The summed E-state index contributed by atoms with van der Waals surface area (Å²) in [7, 11) is 0. The van der Waals surface area contributed by atoms with Gasteiger partial charge in [-0.1, -0.05) is 12.1 Å². The molecule has 3 N–H and O–H groups in total. The first-order valence-corrected chi connectivity index (χ1v) is 4.31. The number of carboxylic acids is 1. The van der Waals surface area contributed by atoms with Crippen molar-refractivity contribution in [1.82, 2.24) is 0 Å². The maximum Gasteiger partial charge on any atom is 0.341 e. The molecule has 0 spiro atoms. The van der Waals surface area contributed by atoms with Crippen LogP contribution in [0, 0.1) is 0 Å². The monoisotopic (exact) mass is 245 g/mol. The topological polar surface area (TPSA) is 89.6 Å². The number of halogens is 1. The third-order valence-electron chi connectivity index (χ3n) is 1.70. The van der Waals surface area contributed by atoms with Gasteiger partial charge in [-0.3, -0.25) is 4.79 Å². The van der Waals surface area contributed by atoms with Crippen LogP contribution in [0.3, 0.4) is 0 Å². The molecule has 0 aromatic heterocycles. The second-order valence-corrected chi connectivity index (χ2v) is 2.84. The first-order chi connectivity index (χ1) is 7.13. The zero-order valence-corrected chi connectivity index (χ0v) is 9.20. The Labute approximate surface area is 98.6 Å². The molecule has 1 rings (SSSR count). The van der Waals surface area contributed by atoms with Crippen molar-refractivity contribution in [2.45, 2.75) is 0 Å². The van der Waals surface area contributed by atoms with Crippen LogP contribution in [-0.4, -0.2) is 30.0 Å². The van der Waals surface area contributed by atoms with Crippen LogP contribution in [0.2, 0.25) is 0 Å². The van der Waals surface area contributed by atoms with Crippen molar-refractivity contribution in [3.05, 3.63) is 29.8 Å². The van der Waals surface area contributed by atoms with Gasteiger partial charge in [-0.25, -0.2) is 4.79 Å². The van der Waals surface area contributed by atoms with Gasteiger partial charge in [0.25, 0.3) is 0 Å². The van der Waals surface area contributed by atoms with E-state index in [4.69, 9.17) is 15.6 Å². The van der Waals surface area contributed by atoms with E-state index in [1.807, 2.05) is 0 Å². The van der Waals surface area contributed by atoms with Gasteiger partial charge >= 0.3 is 5.97 Å². The Morgan fingerprint density at radius 3 is 2.62 bits per heavy atom. The van der Waals surface area contributed by atoms with Crippen LogP contribution in [0.5, 0.6) is 5.75 Å². The van der Waals surface area contributed by atoms with E-state index in [-0.39, 0.29) is 24.7 Å². The number of carbonyl (C=O) groups is 2. The maximum atomic E-state index is 11.2. The number of benzene rings is 1. The van der Waals surface area contributed by atoms with Crippen LogP contribution >= 0.6 is 12.4 Å². The maximum absolute atomic E-state index is 11.2. The highest BCUT2D eigenvalue weighted by atomic mass is 35.5. The van der Waals surface area contributed by atoms with Gasteiger partial charge in [0.15, 0.2) is 12.4 Å². The molecule has 0 amide bonds. The molecule has 88 valence electrons. The molecule has 0 atom stereocenters. The normalized spacial score (nSPS) is 9.06. The van der Waals surface area contributed by atoms with Crippen molar-refractivity contribution >= 4 is 24.2 Å². The number of rotatable bonds is 5. The molecule has 0 aliphatic rings. The lowest BCUT2D eigenvalue weighted by molar-refractivity contribution is -0.139. The molecule has 6 heteroatoms. The summed E-state index contributed by atoms with van der Waals surface area (Å²) in [5.74, 6) is -0.932. The molecule has 0 saturated carbocycles. The van der Waals surface area contributed by atoms with E-state index in [1.165, 1.54) is 6.07 Å². The third-order valence-corrected chi connectivity index (χ3v) is 1.70. The predicted molar refractivity (Wildman–Crippen MR) is 60.2 cm³/mol. The second kappa shape index (κ2) is 6.81. The molecule has 16 heavy (non-hydrogen) atoms. The highest BCUT2D eigenvalue weighted by Gasteiger charge is 2.05. The van der Waals surface area contributed by atoms with Crippen molar-refractivity contribution in [1.29, 1.82) is 0 Å². The lowest BCUT2D eigenvalue weighted by Crippen LogP contribution is -2.14. The van der Waals surface area contributed by atoms with Crippen molar-refractivity contribution in [3.63, 3.8) is 0 Å². The third kappa shape index (κ3) is 4.29. The Morgan fingerprint density at radius 1 is 1.38 bits per heavy atom. The predicted octanol–water partition coefficient (Wildman–Crippen LogP) is 0.713. The summed E-state index contributed by atoms with van der Waals surface area (Å²) >= 11 is 0. The lowest BCUT2D eigenvalue weighted by atomic mass is 10.1. The van der Waals surface area contributed by atoms with Crippen LogP contribution < -0.4 is 10.5 Å². The molecule has 0 fully saturated rings. The van der Waals surface area contributed by atoms with E-state index >= 15 is 0 Å². The summed E-state index contributed by atoms with van der Waals surface area (Å²) in [5, 5.41) is 8.39. The first kappa shape index (κ1) is 14.4. The highest BCUT2D eigenvalue weighted by molar-refractivity contribution is 5.97. The molecule has 0 unspecified atom stereocenters. The first-order valence-electron chi connectivity index (χ1n) is 4.31. The van der Waals surface area contributed by atoms with E-state index in [2.05, 4.69) is 0 Å². The molecule has 5 nitrogen and oxygen atoms in total. The van der Waals surface area contributed by atoms with Crippen LogP contribution in [0.4, 0.5) is 0 Å². The molecule has 0 bridgehead atoms. The number of hydrogen-bond acceptors (Lipinski definition) is 4. The van der Waals surface area contributed by atoms with E-state index < -0.39 is 12.6 Å². The van der Waals surface area contributed by atoms with E-state index in [9.17, 15) is 9.59 Å². The lowest BCUT2D eigenvalue weighted by Gasteiger charge is -2.04. The van der Waals surface area contributed by atoms with Gasteiger partial charge in [-0.05, 0) is 12.1 Å². The Bertz CT molecular complexity index is 381. The van der Waals surface area contributed by atoms with Crippen LogP contribution in [0.25, 0.3) is 0 Å². The van der Waals surface area contributed by atoms with Crippen LogP contribution in [0.1, 0.15) is 10.4 Å². The molecule has 0 radical (unpaired) electrons. The zero-order valence-electron chi connectivity index (χ0n) is 8.38. The van der Waals surface area contributed by atoms with Gasteiger partial charge in [-0.2, -0.15) is 0 Å². The summed E-state index contributed by atoms with van der Waals surface area (Å²) < 4.78 is 4.91. The number of aliphatic carboxylic acids is 1.